The van der Waals surface area contributed by atoms with Crippen LogP contribution in [-0.2, 0) is 0 Å². The second kappa shape index (κ2) is 9.54. The lowest BCUT2D eigenvalue weighted by molar-refractivity contribution is 0.102. The number of benzene rings is 2. The van der Waals surface area contributed by atoms with Crippen LogP contribution < -0.4 is 20.3 Å². The molecule has 0 saturated heterocycles. The Morgan fingerprint density at radius 2 is 1.76 bits per heavy atom. The van der Waals surface area contributed by atoms with Gasteiger partial charge in [-0.2, -0.15) is 0 Å². The molecule has 0 unspecified atom stereocenters. The highest BCUT2D eigenvalue weighted by molar-refractivity contribution is 6.03. The van der Waals surface area contributed by atoms with Gasteiger partial charge in [0.1, 0.15) is 23.6 Å². The highest BCUT2D eigenvalue weighted by atomic mass is 16.5. The first-order chi connectivity index (χ1) is 14.1. The van der Waals surface area contributed by atoms with Gasteiger partial charge in [0.05, 0.1) is 12.8 Å². The maximum Gasteiger partial charge on any atom is 0.274 e. The Balaban J connectivity index is 1.71. The molecular weight excluding hydrogens is 366 g/mol. The third-order valence-electron chi connectivity index (χ3n) is 4.52. The van der Waals surface area contributed by atoms with E-state index in [0.717, 1.165) is 24.5 Å². The summed E-state index contributed by atoms with van der Waals surface area (Å²) in [6.07, 6.45) is 1.36. The molecule has 1 amide bonds. The standard InChI is InChI=1S/C22H25N5O2/c1-4-27(5-2)17-12-10-16(11-13-17)25-22(28)19-14-21(24-15-23-19)26-18-8-6-7-9-20(18)29-3/h6-15H,4-5H2,1-3H3,(H,25,28)(H,23,24,26). The lowest BCUT2D eigenvalue weighted by Gasteiger charge is -2.21. The topological polar surface area (TPSA) is 79.4 Å². The Kier molecular flexibility index (Phi) is 6.63. The van der Waals surface area contributed by atoms with Gasteiger partial charge in [-0.25, -0.2) is 9.97 Å². The molecule has 0 aliphatic rings. The van der Waals surface area contributed by atoms with E-state index < -0.39 is 0 Å². The highest BCUT2D eigenvalue weighted by Crippen LogP contribution is 2.26. The Labute approximate surface area is 170 Å². The fraction of sp³-hybridized carbons (Fsp3) is 0.227. The number of carbonyl (C=O) groups excluding carboxylic acids is 1. The molecule has 2 N–H and O–H groups in total. The summed E-state index contributed by atoms with van der Waals surface area (Å²) in [5.41, 5.74) is 2.86. The van der Waals surface area contributed by atoms with Crippen LogP contribution in [0.15, 0.2) is 60.9 Å². The average molecular weight is 391 g/mol. The Morgan fingerprint density at radius 3 is 2.45 bits per heavy atom. The minimum absolute atomic E-state index is 0.269. The Hall–Kier alpha value is -3.61. The van der Waals surface area contributed by atoms with E-state index >= 15 is 0 Å². The van der Waals surface area contributed by atoms with Crippen LogP contribution in [0.25, 0.3) is 0 Å². The molecule has 0 radical (unpaired) electrons. The van der Waals surface area contributed by atoms with E-state index in [4.69, 9.17) is 4.74 Å². The predicted octanol–water partition coefficient (Wildman–Crippen LogP) is 4.33. The maximum absolute atomic E-state index is 12.6. The van der Waals surface area contributed by atoms with Crippen molar-refractivity contribution in [2.75, 3.05) is 35.7 Å². The average Bonchev–Trinajstić information content (AvgIpc) is 2.76. The molecule has 0 fully saturated rings. The minimum atomic E-state index is -0.300. The van der Waals surface area contributed by atoms with Gasteiger partial charge in [0.25, 0.3) is 5.91 Å². The third kappa shape index (κ3) is 5.01. The number of amides is 1. The second-order valence-corrected chi connectivity index (χ2v) is 6.29. The molecule has 0 aliphatic carbocycles. The molecule has 3 rings (SSSR count). The summed E-state index contributed by atoms with van der Waals surface area (Å²) >= 11 is 0. The molecular formula is C22H25N5O2. The van der Waals surface area contributed by atoms with Crippen LogP contribution in [0.2, 0.25) is 0 Å². The molecule has 7 heteroatoms. The molecule has 1 heterocycles. The molecule has 1 aromatic heterocycles. The van der Waals surface area contributed by atoms with E-state index in [1.165, 1.54) is 6.33 Å². The van der Waals surface area contributed by atoms with Crippen LogP contribution in [0.4, 0.5) is 22.9 Å². The van der Waals surface area contributed by atoms with Gasteiger partial charge < -0.3 is 20.3 Å². The first kappa shape index (κ1) is 20.1. The van der Waals surface area contributed by atoms with Crippen molar-refractivity contribution in [2.45, 2.75) is 13.8 Å². The number of aromatic nitrogens is 2. The lowest BCUT2D eigenvalue weighted by Crippen LogP contribution is -2.21. The Bertz CT molecular complexity index is 955. The normalized spacial score (nSPS) is 10.3. The first-order valence-corrected chi connectivity index (χ1v) is 9.53. The summed E-state index contributed by atoms with van der Waals surface area (Å²) in [5, 5.41) is 6.03. The van der Waals surface area contributed by atoms with Gasteiger partial charge in [-0.05, 0) is 50.2 Å². The number of methoxy groups -OCH3 is 1. The van der Waals surface area contributed by atoms with Crippen molar-refractivity contribution in [1.82, 2.24) is 9.97 Å². The van der Waals surface area contributed by atoms with Gasteiger partial charge in [0, 0.05) is 30.5 Å². The van der Waals surface area contributed by atoms with Crippen molar-refractivity contribution < 1.29 is 9.53 Å². The summed E-state index contributed by atoms with van der Waals surface area (Å²) in [7, 11) is 1.60. The number of hydrogen-bond acceptors (Lipinski definition) is 6. The van der Waals surface area contributed by atoms with E-state index in [1.807, 2.05) is 48.5 Å². The Morgan fingerprint density at radius 1 is 1.03 bits per heavy atom. The maximum atomic E-state index is 12.6. The van der Waals surface area contributed by atoms with E-state index in [2.05, 4.69) is 39.3 Å². The number of nitrogens with zero attached hydrogens (tertiary/aromatic N) is 3. The number of anilines is 4. The molecule has 0 atom stereocenters. The van der Waals surface area contributed by atoms with Gasteiger partial charge in [0.2, 0.25) is 0 Å². The zero-order chi connectivity index (χ0) is 20.6. The van der Waals surface area contributed by atoms with Gasteiger partial charge in [0.15, 0.2) is 0 Å². The van der Waals surface area contributed by atoms with Gasteiger partial charge in [-0.3, -0.25) is 4.79 Å². The fourth-order valence-electron chi connectivity index (χ4n) is 2.98. The van der Waals surface area contributed by atoms with Crippen LogP contribution in [0.1, 0.15) is 24.3 Å². The van der Waals surface area contributed by atoms with Crippen LogP contribution in [0.3, 0.4) is 0 Å². The van der Waals surface area contributed by atoms with Crippen molar-refractivity contribution in [1.29, 1.82) is 0 Å². The molecule has 0 spiro atoms. The quantitative estimate of drug-likeness (QED) is 0.595. The number of nitrogens with one attached hydrogen (secondary N) is 2. The van der Waals surface area contributed by atoms with E-state index in [1.54, 1.807) is 13.2 Å². The summed E-state index contributed by atoms with van der Waals surface area (Å²) < 4.78 is 5.33. The van der Waals surface area contributed by atoms with Crippen LogP contribution >= 0.6 is 0 Å². The smallest absolute Gasteiger partial charge is 0.274 e. The highest BCUT2D eigenvalue weighted by Gasteiger charge is 2.11. The monoisotopic (exact) mass is 391 g/mol. The predicted molar refractivity (Wildman–Crippen MR) is 116 cm³/mol. The molecule has 150 valence electrons. The molecule has 0 bridgehead atoms. The molecule has 0 saturated carbocycles. The summed E-state index contributed by atoms with van der Waals surface area (Å²) in [4.78, 5) is 23.1. The zero-order valence-electron chi connectivity index (χ0n) is 16.8. The molecule has 29 heavy (non-hydrogen) atoms. The zero-order valence-corrected chi connectivity index (χ0v) is 16.8. The summed E-state index contributed by atoms with van der Waals surface area (Å²) in [6, 6.07) is 16.9. The van der Waals surface area contributed by atoms with Crippen LogP contribution in [0.5, 0.6) is 5.75 Å². The first-order valence-electron chi connectivity index (χ1n) is 9.53. The third-order valence-corrected chi connectivity index (χ3v) is 4.52. The van der Waals surface area contributed by atoms with E-state index in [9.17, 15) is 4.79 Å². The molecule has 7 nitrogen and oxygen atoms in total. The molecule has 3 aromatic rings. The number of para-hydroxylation sites is 2. The SMILES string of the molecule is CCN(CC)c1ccc(NC(=O)c2cc(Nc3ccccc3OC)ncn2)cc1. The second-order valence-electron chi connectivity index (χ2n) is 6.29. The number of hydrogen-bond donors (Lipinski definition) is 2. The van der Waals surface area contributed by atoms with Crippen LogP contribution in [-0.4, -0.2) is 36.1 Å². The summed E-state index contributed by atoms with van der Waals surface area (Å²) in [5.74, 6) is 0.892. The van der Waals surface area contributed by atoms with Gasteiger partial charge in [-0.1, -0.05) is 12.1 Å². The number of ether oxygens (including phenoxy) is 1. The van der Waals surface area contributed by atoms with E-state index in [-0.39, 0.29) is 11.6 Å². The molecule has 0 aliphatic heterocycles. The summed E-state index contributed by atoms with van der Waals surface area (Å²) in [6.45, 7) is 6.10. The fourth-order valence-corrected chi connectivity index (χ4v) is 2.98. The number of carbonyl (C=O) groups is 1. The molecule has 2 aromatic carbocycles. The lowest BCUT2D eigenvalue weighted by atomic mass is 10.2. The van der Waals surface area contributed by atoms with E-state index in [0.29, 0.717) is 17.3 Å². The van der Waals surface area contributed by atoms with Crippen molar-refractivity contribution in [3.8, 4) is 5.75 Å². The largest absolute Gasteiger partial charge is 0.495 e. The van der Waals surface area contributed by atoms with Gasteiger partial charge >= 0.3 is 0 Å². The van der Waals surface area contributed by atoms with Gasteiger partial charge in [-0.15, -0.1) is 0 Å². The van der Waals surface area contributed by atoms with Crippen molar-refractivity contribution >= 4 is 28.8 Å². The number of rotatable bonds is 8. The van der Waals surface area contributed by atoms with Crippen molar-refractivity contribution in [3.63, 3.8) is 0 Å². The van der Waals surface area contributed by atoms with Crippen molar-refractivity contribution in [3.05, 3.63) is 66.6 Å². The minimum Gasteiger partial charge on any atom is -0.495 e. The van der Waals surface area contributed by atoms with Crippen molar-refractivity contribution in [2.24, 2.45) is 0 Å². The van der Waals surface area contributed by atoms with Crippen LogP contribution in [0, 0.1) is 0 Å².